The smallest absolute Gasteiger partial charge is 0.222 e. The second kappa shape index (κ2) is 7.15. The Morgan fingerprint density at radius 1 is 1.30 bits per heavy atom. The summed E-state index contributed by atoms with van der Waals surface area (Å²) in [4.78, 5) is 24.6. The zero-order valence-corrected chi connectivity index (χ0v) is 14.1. The molecule has 0 spiro atoms. The molecule has 1 saturated heterocycles. The fraction of sp³-hybridized carbons (Fsp3) is 0.706. The van der Waals surface area contributed by atoms with Crippen LogP contribution in [-0.4, -0.2) is 54.1 Å². The monoisotopic (exact) mass is 318 g/mol. The Kier molecular flexibility index (Phi) is 4.98. The number of hydrogen-bond donors (Lipinski definition) is 0. The maximum Gasteiger partial charge on any atom is 0.222 e. The number of rotatable bonds is 5. The summed E-state index contributed by atoms with van der Waals surface area (Å²) in [6.07, 6.45) is 8.14. The number of hydrogen-bond acceptors (Lipinski definition) is 5. The Bertz CT molecular complexity index is 543. The van der Waals surface area contributed by atoms with E-state index in [2.05, 4.69) is 9.97 Å². The van der Waals surface area contributed by atoms with Gasteiger partial charge in [-0.05, 0) is 18.8 Å². The summed E-state index contributed by atoms with van der Waals surface area (Å²) in [6.45, 7) is 1.47. The molecule has 1 aliphatic carbocycles. The predicted octanol–water partition coefficient (Wildman–Crippen LogP) is 2.10. The van der Waals surface area contributed by atoms with Crippen LogP contribution in [0.4, 0.5) is 5.82 Å². The van der Waals surface area contributed by atoms with Crippen molar-refractivity contribution in [3.05, 3.63) is 12.4 Å². The van der Waals surface area contributed by atoms with Gasteiger partial charge in [0, 0.05) is 39.5 Å². The fourth-order valence-corrected chi connectivity index (χ4v) is 3.45. The van der Waals surface area contributed by atoms with E-state index in [0.29, 0.717) is 30.7 Å². The molecule has 0 radical (unpaired) electrons. The summed E-state index contributed by atoms with van der Waals surface area (Å²) in [7, 11) is 3.87. The second-order valence-electron chi connectivity index (χ2n) is 6.83. The highest BCUT2D eigenvalue weighted by Gasteiger charge is 2.29. The number of carbonyl (C=O) groups excluding carboxylic acids is 1. The van der Waals surface area contributed by atoms with Crippen LogP contribution in [0.3, 0.4) is 0 Å². The first-order chi connectivity index (χ1) is 11.1. The first kappa shape index (κ1) is 16.0. The van der Waals surface area contributed by atoms with Crippen molar-refractivity contribution in [1.29, 1.82) is 0 Å². The predicted molar refractivity (Wildman–Crippen MR) is 88.5 cm³/mol. The number of carbonyl (C=O) groups is 1. The van der Waals surface area contributed by atoms with Gasteiger partial charge < -0.3 is 14.5 Å². The van der Waals surface area contributed by atoms with Crippen molar-refractivity contribution in [2.24, 2.45) is 5.92 Å². The van der Waals surface area contributed by atoms with Crippen LogP contribution in [-0.2, 0) is 4.79 Å². The van der Waals surface area contributed by atoms with Gasteiger partial charge in [0.25, 0.3) is 0 Å². The molecule has 6 nitrogen and oxygen atoms in total. The van der Waals surface area contributed by atoms with E-state index in [9.17, 15) is 4.79 Å². The molecule has 1 aromatic rings. The van der Waals surface area contributed by atoms with Crippen LogP contribution < -0.4 is 9.64 Å². The highest BCUT2D eigenvalue weighted by atomic mass is 16.5. The average Bonchev–Trinajstić information content (AvgIpc) is 3.19. The lowest BCUT2D eigenvalue weighted by Crippen LogP contribution is -2.32. The largest absolute Gasteiger partial charge is 0.472 e. The number of ether oxygens (including phenoxy) is 1. The highest BCUT2D eigenvalue weighted by Crippen LogP contribution is 2.29. The van der Waals surface area contributed by atoms with Crippen molar-refractivity contribution in [1.82, 2.24) is 14.9 Å². The molecule has 3 rings (SSSR count). The van der Waals surface area contributed by atoms with E-state index in [4.69, 9.17) is 4.74 Å². The van der Waals surface area contributed by atoms with Crippen molar-refractivity contribution < 1.29 is 9.53 Å². The Balaban J connectivity index is 1.51. The number of amides is 1. The van der Waals surface area contributed by atoms with Crippen molar-refractivity contribution in [2.45, 2.75) is 44.6 Å². The Labute approximate surface area is 137 Å². The lowest BCUT2D eigenvalue weighted by molar-refractivity contribution is -0.131. The Morgan fingerprint density at radius 3 is 2.83 bits per heavy atom. The molecule has 2 heterocycles. The van der Waals surface area contributed by atoms with Gasteiger partial charge in [0.2, 0.25) is 11.8 Å². The summed E-state index contributed by atoms with van der Waals surface area (Å²) in [5, 5.41) is 0. The van der Waals surface area contributed by atoms with Gasteiger partial charge in [-0.1, -0.05) is 12.8 Å². The second-order valence-corrected chi connectivity index (χ2v) is 6.83. The summed E-state index contributed by atoms with van der Waals surface area (Å²) in [6, 6.07) is 1.84. The number of nitrogens with zero attached hydrogens (tertiary/aromatic N) is 4. The van der Waals surface area contributed by atoms with Crippen molar-refractivity contribution in [2.75, 3.05) is 32.1 Å². The minimum atomic E-state index is 0.0347. The lowest BCUT2D eigenvalue weighted by Gasteiger charge is -2.19. The molecule has 1 aliphatic heterocycles. The molecule has 6 heteroatoms. The third-order valence-corrected chi connectivity index (χ3v) is 4.81. The topological polar surface area (TPSA) is 58.6 Å². The molecule has 1 atom stereocenters. The van der Waals surface area contributed by atoms with Gasteiger partial charge in [0.1, 0.15) is 18.2 Å². The normalized spacial score (nSPS) is 21.7. The van der Waals surface area contributed by atoms with Crippen LogP contribution in [0.5, 0.6) is 5.88 Å². The number of anilines is 1. The molecule has 23 heavy (non-hydrogen) atoms. The molecule has 0 aromatic carbocycles. The van der Waals surface area contributed by atoms with Gasteiger partial charge in [-0.2, -0.15) is 0 Å². The van der Waals surface area contributed by atoms with E-state index >= 15 is 0 Å². The summed E-state index contributed by atoms with van der Waals surface area (Å²) in [5.41, 5.74) is 0. The van der Waals surface area contributed by atoms with Crippen LogP contribution in [0.25, 0.3) is 0 Å². The summed E-state index contributed by atoms with van der Waals surface area (Å²) >= 11 is 0. The van der Waals surface area contributed by atoms with Crippen LogP contribution in [0.1, 0.15) is 38.5 Å². The van der Waals surface area contributed by atoms with Gasteiger partial charge in [-0.15, -0.1) is 0 Å². The molecule has 0 unspecified atom stereocenters. The van der Waals surface area contributed by atoms with E-state index in [-0.39, 0.29) is 6.10 Å². The molecule has 0 bridgehead atoms. The molecule has 2 fully saturated rings. The molecule has 1 aromatic heterocycles. The highest BCUT2D eigenvalue weighted by molar-refractivity contribution is 5.76. The number of likely N-dealkylation sites (tertiary alicyclic amines) is 1. The van der Waals surface area contributed by atoms with E-state index < -0.39 is 0 Å². The van der Waals surface area contributed by atoms with E-state index in [0.717, 1.165) is 18.8 Å². The van der Waals surface area contributed by atoms with E-state index in [1.54, 1.807) is 0 Å². The van der Waals surface area contributed by atoms with Crippen LogP contribution in [0.2, 0.25) is 0 Å². The average molecular weight is 318 g/mol. The first-order valence-corrected chi connectivity index (χ1v) is 8.55. The zero-order chi connectivity index (χ0) is 16.2. The first-order valence-electron chi connectivity index (χ1n) is 8.55. The van der Waals surface area contributed by atoms with E-state index in [1.165, 1.54) is 32.0 Å². The summed E-state index contributed by atoms with van der Waals surface area (Å²) in [5.74, 6) is 2.30. The minimum absolute atomic E-state index is 0.0347. The number of aromatic nitrogens is 2. The Hall–Kier alpha value is -1.85. The van der Waals surface area contributed by atoms with Gasteiger partial charge in [0.15, 0.2) is 0 Å². The molecule has 126 valence electrons. The van der Waals surface area contributed by atoms with Crippen molar-refractivity contribution >= 4 is 11.7 Å². The maximum atomic E-state index is 12.4. The van der Waals surface area contributed by atoms with Crippen LogP contribution in [0, 0.1) is 5.92 Å². The van der Waals surface area contributed by atoms with Gasteiger partial charge in [0.05, 0.1) is 6.54 Å². The quantitative estimate of drug-likeness (QED) is 0.832. The van der Waals surface area contributed by atoms with E-state index in [1.807, 2.05) is 30.0 Å². The molecular formula is C17H26N4O2. The van der Waals surface area contributed by atoms with Crippen LogP contribution >= 0.6 is 0 Å². The zero-order valence-electron chi connectivity index (χ0n) is 14.1. The van der Waals surface area contributed by atoms with Gasteiger partial charge in [-0.3, -0.25) is 4.79 Å². The van der Waals surface area contributed by atoms with Gasteiger partial charge >= 0.3 is 0 Å². The summed E-state index contributed by atoms with van der Waals surface area (Å²) < 4.78 is 5.94. The standard InChI is InChI=1S/C17H26N4O2/c1-20(2)15-10-16(19-12-18-15)23-14-7-8-21(11-14)17(22)9-13-5-3-4-6-13/h10,12-14H,3-9,11H2,1-2H3/t14-/m0/s1. The van der Waals surface area contributed by atoms with Crippen molar-refractivity contribution in [3.8, 4) is 5.88 Å². The molecule has 1 saturated carbocycles. The Morgan fingerprint density at radius 2 is 2.09 bits per heavy atom. The third kappa shape index (κ3) is 4.12. The van der Waals surface area contributed by atoms with Gasteiger partial charge in [-0.25, -0.2) is 9.97 Å². The lowest BCUT2D eigenvalue weighted by atomic mass is 10.0. The molecule has 1 amide bonds. The SMILES string of the molecule is CN(C)c1cc(O[C@H]2CCN(C(=O)CC3CCCC3)C2)ncn1. The molecular weight excluding hydrogens is 292 g/mol. The minimum Gasteiger partial charge on any atom is -0.472 e. The van der Waals surface area contributed by atoms with Crippen molar-refractivity contribution in [3.63, 3.8) is 0 Å². The van der Waals surface area contributed by atoms with Crippen LogP contribution in [0.15, 0.2) is 12.4 Å². The third-order valence-electron chi connectivity index (χ3n) is 4.81. The molecule has 0 N–H and O–H groups in total. The fourth-order valence-electron chi connectivity index (χ4n) is 3.45. The maximum absolute atomic E-state index is 12.4. The molecule has 2 aliphatic rings.